The maximum Gasteiger partial charge on any atom is 0.469 e. The van der Waals surface area contributed by atoms with Gasteiger partial charge in [-0.25, -0.2) is 4.57 Å². The van der Waals surface area contributed by atoms with E-state index >= 15 is 0 Å². The molecular formula is C10H14N5NaO7P. The van der Waals surface area contributed by atoms with E-state index in [0.29, 0.717) is 0 Å². The smallest absolute Gasteiger partial charge is 0.394 e. The first-order chi connectivity index (χ1) is 10.8. The number of amides is 1. The van der Waals surface area contributed by atoms with E-state index in [0.717, 1.165) is 0 Å². The number of phosphoric ester groups is 1. The number of aliphatic hydroxyl groups excluding tert-OH is 1. The van der Waals surface area contributed by atoms with Crippen LogP contribution in [0.25, 0.3) is 0 Å². The van der Waals surface area contributed by atoms with E-state index in [-0.39, 0.29) is 47.8 Å². The number of phosphoric acid groups is 1. The summed E-state index contributed by atoms with van der Waals surface area (Å²) in [7, 11) is -4.74. The molecule has 3 aliphatic rings. The molecule has 1 unspecified atom stereocenters. The number of nitrogens with one attached hydrogen (secondary N) is 2. The molecule has 127 valence electrons. The van der Waals surface area contributed by atoms with Gasteiger partial charge in [0.25, 0.3) is 5.91 Å². The summed E-state index contributed by atoms with van der Waals surface area (Å²) in [6, 6.07) is -0.901. The molecule has 1 fully saturated rings. The van der Waals surface area contributed by atoms with E-state index in [2.05, 4.69) is 19.8 Å². The maximum atomic E-state index is 11.7. The van der Waals surface area contributed by atoms with Crippen LogP contribution in [-0.2, 0) is 18.6 Å². The normalized spacial score (nSPS) is 32.3. The van der Waals surface area contributed by atoms with Gasteiger partial charge in [-0.05, 0) is 0 Å². The first kappa shape index (κ1) is 19.6. The Morgan fingerprint density at radius 3 is 2.88 bits per heavy atom. The molecule has 4 atom stereocenters. The van der Waals surface area contributed by atoms with Gasteiger partial charge in [0.15, 0.2) is 11.9 Å². The Kier molecular flexibility index (Phi) is 5.95. The summed E-state index contributed by atoms with van der Waals surface area (Å²) in [4.78, 5) is 38.8. The Morgan fingerprint density at radius 1 is 1.54 bits per heavy atom. The number of guanidine groups is 1. The number of ether oxygens (including phenoxy) is 1. The molecule has 3 heterocycles. The SMILES string of the molecule is N=C1N=C2C(N=CN2[C@H]2C[C@H](OP(=O)(O)O)[C@@H](CO)O2)C(=O)N1.[Na]. The van der Waals surface area contributed by atoms with Crippen molar-refractivity contribution in [2.24, 2.45) is 9.98 Å². The average molecular weight is 370 g/mol. The van der Waals surface area contributed by atoms with E-state index in [9.17, 15) is 14.5 Å². The van der Waals surface area contributed by atoms with Crippen molar-refractivity contribution in [3.8, 4) is 0 Å². The van der Waals surface area contributed by atoms with E-state index < -0.39 is 44.8 Å². The van der Waals surface area contributed by atoms with Crippen molar-refractivity contribution in [3.63, 3.8) is 0 Å². The zero-order valence-corrected chi connectivity index (χ0v) is 15.5. The summed E-state index contributed by atoms with van der Waals surface area (Å²) < 4.78 is 21.1. The predicted molar refractivity (Wildman–Crippen MR) is 80.5 cm³/mol. The van der Waals surface area contributed by atoms with Gasteiger partial charge in [-0.3, -0.25) is 29.9 Å². The van der Waals surface area contributed by atoms with Crippen LogP contribution in [0.4, 0.5) is 0 Å². The molecule has 3 aliphatic heterocycles. The zero-order chi connectivity index (χ0) is 16.8. The fourth-order valence-corrected chi connectivity index (χ4v) is 3.16. The molecule has 1 saturated heterocycles. The molecule has 0 spiro atoms. The summed E-state index contributed by atoms with van der Waals surface area (Å²) >= 11 is 0. The minimum absolute atomic E-state index is 0. The van der Waals surface area contributed by atoms with Crippen LogP contribution in [-0.4, -0.2) is 104 Å². The molecule has 0 aliphatic carbocycles. The number of nitrogens with zero attached hydrogens (tertiary/aromatic N) is 3. The molecule has 0 aromatic carbocycles. The molecule has 1 radical (unpaired) electrons. The van der Waals surface area contributed by atoms with Crippen LogP contribution in [0, 0.1) is 5.41 Å². The molecule has 12 nitrogen and oxygen atoms in total. The van der Waals surface area contributed by atoms with Crippen molar-refractivity contribution >= 4 is 61.4 Å². The van der Waals surface area contributed by atoms with E-state index in [1.165, 1.54) is 11.2 Å². The number of aliphatic imine (C=N–C) groups is 2. The van der Waals surface area contributed by atoms with Crippen LogP contribution in [0.5, 0.6) is 0 Å². The Balaban J connectivity index is 0.00000208. The molecule has 1 amide bonds. The van der Waals surface area contributed by atoms with Crippen LogP contribution < -0.4 is 5.32 Å². The molecule has 0 saturated carbocycles. The van der Waals surface area contributed by atoms with Crippen molar-refractivity contribution in [1.29, 1.82) is 5.41 Å². The van der Waals surface area contributed by atoms with Crippen molar-refractivity contribution in [2.75, 3.05) is 6.61 Å². The second-order valence-electron chi connectivity index (χ2n) is 5.06. The van der Waals surface area contributed by atoms with Crippen LogP contribution >= 0.6 is 7.82 Å². The number of amidine groups is 1. The van der Waals surface area contributed by atoms with Crippen molar-refractivity contribution in [1.82, 2.24) is 10.2 Å². The minimum Gasteiger partial charge on any atom is -0.394 e. The van der Waals surface area contributed by atoms with E-state index in [4.69, 9.17) is 19.9 Å². The first-order valence-corrected chi connectivity index (χ1v) is 8.11. The summed E-state index contributed by atoms with van der Waals surface area (Å²) in [6.07, 6.45) is -1.44. The molecule has 24 heavy (non-hydrogen) atoms. The van der Waals surface area contributed by atoms with E-state index in [1.54, 1.807) is 0 Å². The van der Waals surface area contributed by atoms with Crippen LogP contribution in [0.15, 0.2) is 9.98 Å². The van der Waals surface area contributed by atoms with Gasteiger partial charge in [0, 0.05) is 36.0 Å². The number of carbonyl (C=O) groups is 1. The van der Waals surface area contributed by atoms with Gasteiger partial charge < -0.3 is 19.6 Å². The Bertz CT molecular complexity index is 652. The second kappa shape index (κ2) is 7.28. The molecule has 5 N–H and O–H groups in total. The average Bonchev–Trinajstić information content (AvgIpc) is 3.00. The summed E-state index contributed by atoms with van der Waals surface area (Å²) in [5, 5.41) is 19.0. The fourth-order valence-electron chi connectivity index (χ4n) is 2.58. The fraction of sp³-hybridized carbons (Fsp3) is 0.600. The van der Waals surface area contributed by atoms with Crippen LogP contribution in [0.2, 0.25) is 0 Å². The molecule has 14 heteroatoms. The maximum absolute atomic E-state index is 11.7. The van der Waals surface area contributed by atoms with Gasteiger partial charge in [0.2, 0.25) is 5.96 Å². The van der Waals surface area contributed by atoms with E-state index in [1.807, 2.05) is 0 Å². The minimum atomic E-state index is -4.74. The Morgan fingerprint density at radius 2 is 2.25 bits per heavy atom. The molecule has 0 bridgehead atoms. The topological polar surface area (TPSA) is 177 Å². The first-order valence-electron chi connectivity index (χ1n) is 6.58. The Labute approximate surface area is 158 Å². The standard InChI is InChI=1S/C10H14N5O7P.Na/c11-10-13-8-7(9(17)14-10)12-3-15(8)6-1-4(5(2-16)21-6)22-23(18,19)20;/h3-7,16H,1-2H2,(H2,11,14,17)(H2,18,19,20);/t4-,5+,6+,7?;/m0./s1. The van der Waals surface area contributed by atoms with Crippen LogP contribution in [0.3, 0.4) is 0 Å². The largest absolute Gasteiger partial charge is 0.469 e. The number of aliphatic hydroxyl groups is 1. The molecular weight excluding hydrogens is 356 g/mol. The predicted octanol–water partition coefficient (Wildman–Crippen LogP) is -2.63. The third kappa shape index (κ3) is 3.93. The van der Waals surface area contributed by atoms with Crippen LogP contribution in [0.1, 0.15) is 6.42 Å². The van der Waals surface area contributed by atoms with Gasteiger partial charge in [0.05, 0.1) is 12.9 Å². The number of fused-ring (bicyclic) bond motifs is 1. The number of hydrogen-bond acceptors (Lipinski definition) is 8. The molecule has 3 rings (SSSR count). The van der Waals surface area contributed by atoms with Gasteiger partial charge >= 0.3 is 7.82 Å². The monoisotopic (exact) mass is 370 g/mol. The number of carbonyl (C=O) groups excluding carboxylic acids is 1. The quantitative estimate of drug-likeness (QED) is 0.263. The zero-order valence-electron chi connectivity index (χ0n) is 12.6. The number of rotatable bonds is 4. The van der Waals surface area contributed by atoms with Crippen molar-refractivity contribution in [2.45, 2.75) is 30.9 Å². The summed E-state index contributed by atoms with van der Waals surface area (Å²) in [5.74, 6) is -0.660. The summed E-state index contributed by atoms with van der Waals surface area (Å²) in [6.45, 7) is -0.502. The third-order valence-electron chi connectivity index (χ3n) is 3.51. The Hall–Kier alpha value is -0.690. The molecule has 0 aromatic rings. The van der Waals surface area contributed by atoms with Gasteiger partial charge in [0.1, 0.15) is 18.4 Å². The van der Waals surface area contributed by atoms with Crippen molar-refractivity contribution in [3.05, 3.63) is 0 Å². The number of hydrogen-bond donors (Lipinski definition) is 5. The van der Waals surface area contributed by atoms with Gasteiger partial charge in [-0.2, -0.15) is 4.99 Å². The molecule has 0 aromatic heterocycles. The summed E-state index contributed by atoms with van der Waals surface area (Å²) in [5.41, 5.74) is 0. The van der Waals surface area contributed by atoms with Crippen molar-refractivity contribution < 1.29 is 33.5 Å². The van der Waals surface area contributed by atoms with Gasteiger partial charge in [-0.1, -0.05) is 0 Å². The van der Waals surface area contributed by atoms with Gasteiger partial charge in [-0.15, -0.1) is 0 Å². The second-order valence-corrected chi connectivity index (χ2v) is 6.26. The third-order valence-corrected chi connectivity index (χ3v) is 4.05.